The van der Waals surface area contributed by atoms with E-state index in [4.69, 9.17) is 4.74 Å². The van der Waals surface area contributed by atoms with Crippen LogP contribution < -0.4 is 14.4 Å². The summed E-state index contributed by atoms with van der Waals surface area (Å²) < 4.78 is 33.3. The summed E-state index contributed by atoms with van der Waals surface area (Å²) in [6.45, 7) is 5.58. The minimum Gasteiger partial charge on any atom is -0.497 e. The van der Waals surface area contributed by atoms with Gasteiger partial charge in [0.05, 0.1) is 23.7 Å². The number of hydrogen-bond acceptors (Lipinski definition) is 4. The van der Waals surface area contributed by atoms with E-state index in [-0.39, 0.29) is 23.4 Å². The third kappa shape index (κ3) is 5.93. The Balaban J connectivity index is 1.89. The minimum atomic E-state index is -3.98. The first kappa shape index (κ1) is 24.3. The van der Waals surface area contributed by atoms with E-state index in [0.29, 0.717) is 17.9 Å². The number of methoxy groups -OCH3 is 1. The van der Waals surface area contributed by atoms with E-state index in [2.05, 4.69) is 5.32 Å². The number of anilines is 1. The molecule has 3 aromatic carbocycles. The molecule has 7 heteroatoms. The largest absolute Gasteiger partial charge is 0.497 e. The summed E-state index contributed by atoms with van der Waals surface area (Å²) in [5.41, 5.74) is 3.54. The molecule has 0 saturated carbocycles. The maximum Gasteiger partial charge on any atom is 0.264 e. The quantitative estimate of drug-likeness (QED) is 0.493. The van der Waals surface area contributed by atoms with Crippen molar-refractivity contribution in [2.45, 2.75) is 38.1 Å². The number of sulfonamides is 1. The summed E-state index contributed by atoms with van der Waals surface area (Å²) >= 11 is 0. The molecule has 0 saturated heterocycles. The molecule has 33 heavy (non-hydrogen) atoms. The summed E-state index contributed by atoms with van der Waals surface area (Å²) in [4.78, 5) is 13.1. The van der Waals surface area contributed by atoms with Crippen LogP contribution in [0.15, 0.2) is 77.7 Å². The number of nitrogens with one attached hydrogen (secondary N) is 1. The SMILES string of the molecule is CCC(NC(=O)CN(c1ccc(C)cc1)S(=O)(=O)c1ccc(OC)cc1)c1ccc(C)cc1. The summed E-state index contributed by atoms with van der Waals surface area (Å²) in [5.74, 6) is 0.178. The Morgan fingerprint density at radius 2 is 1.45 bits per heavy atom. The Labute approximate surface area is 196 Å². The Morgan fingerprint density at radius 1 is 0.909 bits per heavy atom. The van der Waals surface area contributed by atoms with Crippen LogP contribution in [-0.2, 0) is 14.8 Å². The standard InChI is InChI=1S/C26H30N2O4S/c1-5-25(21-10-6-19(2)7-11-21)27-26(29)18-28(22-12-8-20(3)9-13-22)33(30,31)24-16-14-23(32-4)15-17-24/h6-17,25H,5,18H2,1-4H3,(H,27,29). The fourth-order valence-electron chi connectivity index (χ4n) is 3.49. The van der Waals surface area contributed by atoms with Crippen molar-refractivity contribution < 1.29 is 17.9 Å². The number of benzene rings is 3. The van der Waals surface area contributed by atoms with Crippen molar-refractivity contribution in [1.82, 2.24) is 5.32 Å². The normalized spacial score (nSPS) is 12.1. The molecule has 174 valence electrons. The highest BCUT2D eigenvalue weighted by atomic mass is 32.2. The number of carbonyl (C=O) groups is 1. The zero-order chi connectivity index (χ0) is 24.0. The van der Waals surface area contributed by atoms with Gasteiger partial charge in [-0.25, -0.2) is 8.42 Å². The van der Waals surface area contributed by atoms with Crippen LogP contribution in [0, 0.1) is 13.8 Å². The molecule has 3 aromatic rings. The summed E-state index contributed by atoms with van der Waals surface area (Å²) in [6, 6.07) is 21.0. The van der Waals surface area contributed by atoms with Gasteiger partial charge in [-0.3, -0.25) is 9.10 Å². The van der Waals surface area contributed by atoms with Crippen LogP contribution in [0.4, 0.5) is 5.69 Å². The Hall–Kier alpha value is -3.32. The van der Waals surface area contributed by atoms with E-state index in [1.807, 2.05) is 57.2 Å². The van der Waals surface area contributed by atoms with Crippen LogP contribution in [-0.4, -0.2) is 28.0 Å². The smallest absolute Gasteiger partial charge is 0.264 e. The second-order valence-electron chi connectivity index (χ2n) is 7.96. The maximum absolute atomic E-state index is 13.5. The second kappa shape index (κ2) is 10.5. The molecule has 0 bridgehead atoms. The molecule has 0 spiro atoms. The van der Waals surface area contributed by atoms with Crippen LogP contribution in [0.3, 0.4) is 0 Å². The van der Waals surface area contributed by atoms with Gasteiger partial charge in [-0.05, 0) is 62.2 Å². The molecule has 1 unspecified atom stereocenters. The lowest BCUT2D eigenvalue weighted by Crippen LogP contribution is -2.42. The fourth-order valence-corrected chi connectivity index (χ4v) is 4.91. The van der Waals surface area contributed by atoms with Gasteiger partial charge in [0, 0.05) is 0 Å². The third-order valence-electron chi connectivity index (χ3n) is 5.48. The fraction of sp³-hybridized carbons (Fsp3) is 0.269. The molecule has 0 aliphatic heterocycles. The number of nitrogens with zero attached hydrogens (tertiary/aromatic N) is 1. The second-order valence-corrected chi connectivity index (χ2v) is 9.82. The van der Waals surface area contributed by atoms with Gasteiger partial charge >= 0.3 is 0 Å². The van der Waals surface area contributed by atoms with Gasteiger partial charge in [0.25, 0.3) is 10.0 Å². The lowest BCUT2D eigenvalue weighted by atomic mass is 10.0. The zero-order valence-corrected chi connectivity index (χ0v) is 20.2. The van der Waals surface area contributed by atoms with Crippen molar-refractivity contribution in [2.24, 2.45) is 0 Å². The lowest BCUT2D eigenvalue weighted by Gasteiger charge is -2.26. The van der Waals surface area contributed by atoms with Crippen LogP contribution in [0.1, 0.15) is 36.1 Å². The number of rotatable bonds is 9. The van der Waals surface area contributed by atoms with E-state index < -0.39 is 10.0 Å². The van der Waals surface area contributed by atoms with Gasteiger partial charge in [-0.2, -0.15) is 0 Å². The molecule has 0 aliphatic rings. The first-order chi connectivity index (χ1) is 15.7. The van der Waals surface area contributed by atoms with Gasteiger partial charge in [-0.1, -0.05) is 54.4 Å². The van der Waals surface area contributed by atoms with Crippen molar-refractivity contribution in [3.05, 3.63) is 89.5 Å². The monoisotopic (exact) mass is 466 g/mol. The Kier molecular flexibility index (Phi) is 7.76. The number of ether oxygens (including phenoxy) is 1. The molecule has 0 heterocycles. The first-order valence-corrected chi connectivity index (χ1v) is 12.3. The molecule has 1 atom stereocenters. The molecule has 0 radical (unpaired) electrons. The van der Waals surface area contributed by atoms with E-state index in [0.717, 1.165) is 21.0 Å². The van der Waals surface area contributed by atoms with Crippen LogP contribution in [0.5, 0.6) is 5.75 Å². The van der Waals surface area contributed by atoms with Gasteiger partial charge in [0.2, 0.25) is 5.91 Å². The van der Waals surface area contributed by atoms with Crippen molar-refractivity contribution in [1.29, 1.82) is 0 Å². The van der Waals surface area contributed by atoms with Crippen molar-refractivity contribution in [3.8, 4) is 5.75 Å². The molecule has 3 rings (SSSR count). The predicted molar refractivity (Wildman–Crippen MR) is 131 cm³/mol. The van der Waals surface area contributed by atoms with Crippen LogP contribution in [0.2, 0.25) is 0 Å². The average Bonchev–Trinajstić information content (AvgIpc) is 2.82. The average molecular weight is 467 g/mol. The summed E-state index contributed by atoms with van der Waals surface area (Å²) in [7, 11) is -2.46. The molecule has 6 nitrogen and oxygen atoms in total. The highest BCUT2D eigenvalue weighted by Gasteiger charge is 2.28. The van der Waals surface area contributed by atoms with Gasteiger partial charge in [0.15, 0.2) is 0 Å². The highest BCUT2D eigenvalue weighted by Crippen LogP contribution is 2.26. The van der Waals surface area contributed by atoms with Gasteiger partial charge in [0.1, 0.15) is 12.3 Å². The Bertz CT molecular complexity index is 1170. The van der Waals surface area contributed by atoms with Gasteiger partial charge in [-0.15, -0.1) is 0 Å². The lowest BCUT2D eigenvalue weighted by molar-refractivity contribution is -0.120. The predicted octanol–water partition coefficient (Wildman–Crippen LogP) is 4.77. The number of amides is 1. The van der Waals surface area contributed by atoms with E-state index in [9.17, 15) is 13.2 Å². The summed E-state index contributed by atoms with van der Waals surface area (Å²) in [6.07, 6.45) is 0.685. The third-order valence-corrected chi connectivity index (χ3v) is 7.27. The molecule has 1 amide bonds. The van der Waals surface area contributed by atoms with Gasteiger partial charge < -0.3 is 10.1 Å². The number of carbonyl (C=O) groups excluding carboxylic acids is 1. The van der Waals surface area contributed by atoms with Crippen molar-refractivity contribution >= 4 is 21.6 Å². The Morgan fingerprint density at radius 3 is 1.97 bits per heavy atom. The molecular formula is C26H30N2O4S. The number of aryl methyl sites for hydroxylation is 2. The van der Waals surface area contributed by atoms with Crippen LogP contribution >= 0.6 is 0 Å². The minimum absolute atomic E-state index is 0.0854. The number of hydrogen-bond donors (Lipinski definition) is 1. The van der Waals surface area contributed by atoms with Crippen LogP contribution in [0.25, 0.3) is 0 Å². The summed E-state index contributed by atoms with van der Waals surface area (Å²) in [5, 5.41) is 2.99. The topological polar surface area (TPSA) is 75.7 Å². The molecule has 0 aliphatic carbocycles. The molecule has 0 fully saturated rings. The molecular weight excluding hydrogens is 436 g/mol. The maximum atomic E-state index is 13.5. The van der Waals surface area contributed by atoms with E-state index in [1.165, 1.54) is 19.2 Å². The van der Waals surface area contributed by atoms with Crippen molar-refractivity contribution in [2.75, 3.05) is 18.0 Å². The zero-order valence-electron chi connectivity index (χ0n) is 19.4. The highest BCUT2D eigenvalue weighted by molar-refractivity contribution is 7.92. The van der Waals surface area contributed by atoms with E-state index in [1.54, 1.807) is 24.3 Å². The van der Waals surface area contributed by atoms with E-state index >= 15 is 0 Å². The molecule has 0 aromatic heterocycles. The molecule has 1 N–H and O–H groups in total. The first-order valence-electron chi connectivity index (χ1n) is 10.8. The van der Waals surface area contributed by atoms with Crippen molar-refractivity contribution in [3.63, 3.8) is 0 Å².